The predicted octanol–water partition coefficient (Wildman–Crippen LogP) is 5.35. The van der Waals surface area contributed by atoms with Gasteiger partial charge in [0.1, 0.15) is 5.82 Å². The molecule has 0 unspecified atom stereocenters. The van der Waals surface area contributed by atoms with Crippen LogP contribution in [0, 0.1) is 0 Å². The Bertz CT molecular complexity index is 1700. The first-order chi connectivity index (χ1) is 18.4. The fourth-order valence-corrected chi connectivity index (χ4v) is 5.84. The summed E-state index contributed by atoms with van der Waals surface area (Å²) < 4.78 is 27.4. The number of aromatic amines is 1. The Kier molecular flexibility index (Phi) is 5.49. The van der Waals surface area contributed by atoms with Gasteiger partial charge in [-0.25, -0.2) is 13.8 Å². The molecule has 0 bridgehead atoms. The fraction of sp³-hybridized carbons (Fsp3) is 0.300. The molecule has 3 N–H and O–H groups in total. The number of benzene rings is 3. The van der Waals surface area contributed by atoms with E-state index in [2.05, 4.69) is 57.0 Å². The third-order valence-electron chi connectivity index (χ3n) is 7.93. The number of fused-ring (bicyclic) bond motifs is 2. The molecular formula is C30H27F2N5O. The average Bonchev–Trinajstić information content (AvgIpc) is 3.69. The SMILES string of the molecule is O=c1[nH]c([C@@H]2CC(F)(F)CN2)nc2cc(-c3ccc4cc(C5=CN=C([C@@H]6CCCN6)C5)ccc4c3)ccc12. The second kappa shape index (κ2) is 8.92. The molecule has 3 aliphatic heterocycles. The quantitative estimate of drug-likeness (QED) is 0.345. The Labute approximate surface area is 217 Å². The van der Waals surface area contributed by atoms with E-state index in [1.807, 2.05) is 18.3 Å². The van der Waals surface area contributed by atoms with Crippen molar-refractivity contribution < 1.29 is 8.78 Å². The van der Waals surface area contributed by atoms with E-state index in [-0.39, 0.29) is 17.8 Å². The molecule has 4 heterocycles. The Hall–Kier alpha value is -3.75. The average molecular weight is 512 g/mol. The molecule has 8 heteroatoms. The Balaban J connectivity index is 1.17. The van der Waals surface area contributed by atoms with Crippen LogP contribution in [0.15, 0.2) is 70.6 Å². The molecule has 3 aliphatic rings. The smallest absolute Gasteiger partial charge is 0.262 e. The van der Waals surface area contributed by atoms with Gasteiger partial charge >= 0.3 is 0 Å². The van der Waals surface area contributed by atoms with Crippen molar-refractivity contribution in [2.45, 2.75) is 43.7 Å². The van der Waals surface area contributed by atoms with E-state index in [1.165, 1.54) is 23.3 Å². The summed E-state index contributed by atoms with van der Waals surface area (Å²) in [5.41, 5.74) is 5.76. The molecule has 3 aromatic carbocycles. The maximum atomic E-state index is 13.7. The molecule has 0 aliphatic carbocycles. The number of alkyl halides is 2. The molecule has 192 valence electrons. The van der Waals surface area contributed by atoms with Gasteiger partial charge in [-0.15, -0.1) is 0 Å². The zero-order chi connectivity index (χ0) is 25.9. The molecular weight excluding hydrogens is 484 g/mol. The minimum absolute atomic E-state index is 0.250. The highest BCUT2D eigenvalue weighted by Gasteiger charge is 2.41. The van der Waals surface area contributed by atoms with Gasteiger partial charge in [-0.3, -0.25) is 9.79 Å². The van der Waals surface area contributed by atoms with Crippen LogP contribution >= 0.6 is 0 Å². The standard InChI is InChI=1S/C30H27F2N5O/c31-30(32)14-27(35-16-30)28-36-25-12-21(7-8-23(25)29(38)37-28)19-4-3-18-11-20(6-5-17(18)10-19)22-13-26(34-15-22)24-2-1-9-33-24/h3-8,10-12,15,24,27,33,35H,1-2,9,13-14,16H2,(H,36,37,38)/t24-,27-/m0/s1. The van der Waals surface area contributed by atoms with Gasteiger partial charge in [0.2, 0.25) is 0 Å². The van der Waals surface area contributed by atoms with Crippen LogP contribution in [0.4, 0.5) is 8.78 Å². The van der Waals surface area contributed by atoms with Crippen LogP contribution in [0.5, 0.6) is 0 Å². The highest BCUT2D eigenvalue weighted by atomic mass is 19.3. The van der Waals surface area contributed by atoms with Gasteiger partial charge in [-0.2, -0.15) is 0 Å². The molecule has 0 spiro atoms. The minimum Gasteiger partial charge on any atom is -0.309 e. The highest BCUT2D eigenvalue weighted by molar-refractivity contribution is 6.02. The summed E-state index contributed by atoms with van der Waals surface area (Å²) in [6, 6.07) is 18.0. The van der Waals surface area contributed by atoms with Crippen molar-refractivity contribution in [1.29, 1.82) is 0 Å². The summed E-state index contributed by atoms with van der Waals surface area (Å²) in [5, 5.41) is 8.99. The molecule has 2 saturated heterocycles. The number of rotatable bonds is 4. The number of allylic oxidation sites excluding steroid dienone is 1. The molecule has 2 fully saturated rings. The number of hydrogen-bond acceptors (Lipinski definition) is 5. The summed E-state index contributed by atoms with van der Waals surface area (Å²) in [6.07, 6.45) is 4.88. The van der Waals surface area contributed by atoms with Crippen LogP contribution in [0.2, 0.25) is 0 Å². The number of aromatic nitrogens is 2. The van der Waals surface area contributed by atoms with Crippen LogP contribution in [-0.2, 0) is 0 Å². The van der Waals surface area contributed by atoms with Gasteiger partial charge in [0.25, 0.3) is 11.5 Å². The zero-order valence-electron chi connectivity index (χ0n) is 20.7. The monoisotopic (exact) mass is 511 g/mol. The van der Waals surface area contributed by atoms with Crippen LogP contribution < -0.4 is 16.2 Å². The van der Waals surface area contributed by atoms with Crippen molar-refractivity contribution in [3.63, 3.8) is 0 Å². The van der Waals surface area contributed by atoms with Crippen molar-refractivity contribution in [1.82, 2.24) is 20.6 Å². The van der Waals surface area contributed by atoms with Gasteiger partial charge < -0.3 is 15.6 Å². The zero-order valence-corrected chi connectivity index (χ0v) is 20.7. The first-order valence-electron chi connectivity index (χ1n) is 13.1. The van der Waals surface area contributed by atoms with Crippen LogP contribution in [-0.4, -0.2) is 40.7 Å². The summed E-state index contributed by atoms with van der Waals surface area (Å²) in [5.74, 6) is -2.55. The van der Waals surface area contributed by atoms with E-state index in [0.717, 1.165) is 41.3 Å². The second-order valence-electron chi connectivity index (χ2n) is 10.6. The van der Waals surface area contributed by atoms with Crippen LogP contribution in [0.1, 0.15) is 43.1 Å². The molecule has 6 nitrogen and oxygen atoms in total. The number of aliphatic imine (C=N–C) groups is 1. The molecule has 1 aromatic heterocycles. The van der Waals surface area contributed by atoms with Crippen molar-refractivity contribution >= 4 is 33.0 Å². The van der Waals surface area contributed by atoms with Crippen molar-refractivity contribution in [3.8, 4) is 11.1 Å². The van der Waals surface area contributed by atoms with Crippen molar-refractivity contribution in [2.24, 2.45) is 4.99 Å². The van der Waals surface area contributed by atoms with Gasteiger partial charge in [-0.1, -0.05) is 30.3 Å². The Morgan fingerprint density at radius 3 is 2.42 bits per heavy atom. The number of nitrogens with one attached hydrogen (secondary N) is 3. The molecule has 0 radical (unpaired) electrons. The number of hydrogen-bond donors (Lipinski definition) is 3. The topological polar surface area (TPSA) is 82.2 Å². The van der Waals surface area contributed by atoms with E-state index < -0.39 is 18.5 Å². The van der Waals surface area contributed by atoms with Crippen molar-refractivity contribution in [2.75, 3.05) is 13.1 Å². The summed E-state index contributed by atoms with van der Waals surface area (Å²) in [6.45, 7) is 0.653. The van der Waals surface area contributed by atoms with E-state index >= 15 is 0 Å². The highest BCUT2D eigenvalue weighted by Crippen LogP contribution is 2.34. The third kappa shape index (κ3) is 4.23. The predicted molar refractivity (Wildman–Crippen MR) is 147 cm³/mol. The lowest BCUT2D eigenvalue weighted by molar-refractivity contribution is 0.0208. The lowest BCUT2D eigenvalue weighted by Gasteiger charge is -2.12. The van der Waals surface area contributed by atoms with Crippen LogP contribution in [0.3, 0.4) is 0 Å². The molecule has 0 amide bonds. The maximum Gasteiger partial charge on any atom is 0.262 e. The van der Waals surface area contributed by atoms with Gasteiger partial charge in [0, 0.05) is 30.8 Å². The first kappa shape index (κ1) is 23.4. The lowest BCUT2D eigenvalue weighted by atomic mass is 9.95. The summed E-state index contributed by atoms with van der Waals surface area (Å²) in [7, 11) is 0. The third-order valence-corrected chi connectivity index (χ3v) is 7.93. The normalized spacial score (nSPS) is 22.8. The van der Waals surface area contributed by atoms with E-state index in [4.69, 9.17) is 4.99 Å². The fourth-order valence-electron chi connectivity index (χ4n) is 5.84. The van der Waals surface area contributed by atoms with Gasteiger partial charge in [0.05, 0.1) is 23.5 Å². The lowest BCUT2D eigenvalue weighted by Crippen LogP contribution is -2.29. The summed E-state index contributed by atoms with van der Waals surface area (Å²) >= 11 is 0. The number of H-pyrrole nitrogens is 1. The number of nitrogens with zero attached hydrogens (tertiary/aromatic N) is 2. The Morgan fingerprint density at radius 2 is 1.66 bits per heavy atom. The first-order valence-corrected chi connectivity index (χ1v) is 13.1. The Morgan fingerprint density at radius 1 is 0.895 bits per heavy atom. The number of halogens is 2. The molecule has 4 aromatic rings. The molecule has 2 atom stereocenters. The molecule has 38 heavy (non-hydrogen) atoms. The van der Waals surface area contributed by atoms with Gasteiger partial charge in [-0.05, 0) is 76.7 Å². The minimum atomic E-state index is -2.80. The molecule has 0 saturated carbocycles. The summed E-state index contributed by atoms with van der Waals surface area (Å²) in [4.78, 5) is 24.6. The van der Waals surface area contributed by atoms with Crippen LogP contribution in [0.25, 0.3) is 38.4 Å². The second-order valence-corrected chi connectivity index (χ2v) is 10.6. The maximum absolute atomic E-state index is 13.7. The van der Waals surface area contributed by atoms with E-state index in [0.29, 0.717) is 16.9 Å². The molecule has 7 rings (SSSR count). The van der Waals surface area contributed by atoms with Gasteiger partial charge in [0.15, 0.2) is 0 Å². The largest absolute Gasteiger partial charge is 0.309 e. The van der Waals surface area contributed by atoms with E-state index in [1.54, 1.807) is 6.07 Å². The van der Waals surface area contributed by atoms with Crippen molar-refractivity contribution in [3.05, 3.63) is 82.5 Å². The van der Waals surface area contributed by atoms with E-state index in [9.17, 15) is 13.6 Å².